The number of hydrogen-bond donors (Lipinski definition) is 1. The molecule has 164 valence electrons. The first-order chi connectivity index (χ1) is 15.4. The van der Waals surface area contributed by atoms with Crippen molar-refractivity contribution in [2.75, 3.05) is 16.8 Å². The molecule has 1 aromatic heterocycles. The van der Waals surface area contributed by atoms with Crippen molar-refractivity contribution in [2.24, 2.45) is 5.92 Å². The van der Waals surface area contributed by atoms with Crippen LogP contribution < -0.4 is 15.8 Å². The van der Waals surface area contributed by atoms with E-state index in [1.807, 2.05) is 24.3 Å². The number of fused-ring (bicyclic) bond motifs is 2. The Balaban J connectivity index is 1.34. The molecule has 0 bridgehead atoms. The van der Waals surface area contributed by atoms with Crippen molar-refractivity contribution in [1.82, 2.24) is 9.55 Å². The molecule has 0 saturated carbocycles. The van der Waals surface area contributed by atoms with Crippen LogP contribution >= 0.6 is 0 Å². The Labute approximate surface area is 186 Å². The van der Waals surface area contributed by atoms with Crippen molar-refractivity contribution in [3.05, 3.63) is 64.2 Å². The molecule has 3 aromatic rings. The molecule has 2 aromatic carbocycles. The molecule has 2 aliphatic heterocycles. The average molecular weight is 431 g/mol. The van der Waals surface area contributed by atoms with Gasteiger partial charge in [-0.15, -0.1) is 0 Å². The Kier molecular flexibility index (Phi) is 5.04. The number of hydrogen-bond acceptors (Lipinski definition) is 4. The van der Waals surface area contributed by atoms with Crippen LogP contribution in [0.4, 0.5) is 11.4 Å². The van der Waals surface area contributed by atoms with Crippen LogP contribution in [0.15, 0.2) is 47.3 Å². The summed E-state index contributed by atoms with van der Waals surface area (Å²) in [6.45, 7) is 5.25. The van der Waals surface area contributed by atoms with Gasteiger partial charge in [0, 0.05) is 37.3 Å². The van der Waals surface area contributed by atoms with Crippen molar-refractivity contribution >= 4 is 34.1 Å². The topological polar surface area (TPSA) is 84.3 Å². The standard InChI is InChI=1S/C25H26N4O3/c1-15(2)16-5-3-6-19(11-16)29-14-17(12-23(29)30)24(31)26-18-8-9-21-20(13-18)25(32)28-10-4-7-22(28)27-21/h3,5-6,8-9,11,13,15,17H,4,7,10,12,14H2,1-2H3,(H,26,31). The molecule has 7 heteroatoms. The first-order valence-electron chi connectivity index (χ1n) is 11.2. The molecule has 1 atom stereocenters. The van der Waals surface area contributed by atoms with Gasteiger partial charge in [-0.1, -0.05) is 26.0 Å². The highest BCUT2D eigenvalue weighted by Crippen LogP contribution is 2.29. The fourth-order valence-electron chi connectivity index (χ4n) is 4.59. The number of benzene rings is 2. The van der Waals surface area contributed by atoms with E-state index in [1.54, 1.807) is 27.7 Å². The van der Waals surface area contributed by atoms with Crippen LogP contribution in [0.25, 0.3) is 10.9 Å². The minimum Gasteiger partial charge on any atom is -0.326 e. The molecular weight excluding hydrogens is 404 g/mol. The number of aromatic nitrogens is 2. The third-order valence-electron chi connectivity index (χ3n) is 6.43. The summed E-state index contributed by atoms with van der Waals surface area (Å²) in [4.78, 5) is 44.6. The number of carbonyl (C=O) groups is 2. The summed E-state index contributed by atoms with van der Waals surface area (Å²) >= 11 is 0. The summed E-state index contributed by atoms with van der Waals surface area (Å²) in [6.07, 6.45) is 1.91. The highest BCUT2D eigenvalue weighted by molar-refractivity contribution is 6.04. The van der Waals surface area contributed by atoms with E-state index in [0.717, 1.165) is 29.9 Å². The fraction of sp³-hybridized carbons (Fsp3) is 0.360. The predicted octanol–water partition coefficient (Wildman–Crippen LogP) is 3.46. The van der Waals surface area contributed by atoms with Crippen LogP contribution in [-0.4, -0.2) is 27.9 Å². The van der Waals surface area contributed by atoms with E-state index in [2.05, 4.69) is 24.1 Å². The predicted molar refractivity (Wildman–Crippen MR) is 124 cm³/mol. The molecule has 3 heterocycles. The summed E-state index contributed by atoms with van der Waals surface area (Å²) in [5.41, 5.74) is 3.12. The van der Waals surface area contributed by atoms with E-state index in [0.29, 0.717) is 35.6 Å². The molecule has 1 saturated heterocycles. The van der Waals surface area contributed by atoms with Crippen LogP contribution in [0, 0.1) is 5.92 Å². The molecule has 1 N–H and O–H groups in total. The number of nitrogens with zero attached hydrogens (tertiary/aromatic N) is 3. The van der Waals surface area contributed by atoms with E-state index in [1.165, 1.54) is 0 Å². The lowest BCUT2D eigenvalue weighted by Crippen LogP contribution is -2.28. The number of rotatable bonds is 4. The van der Waals surface area contributed by atoms with Crippen molar-refractivity contribution in [3.63, 3.8) is 0 Å². The maximum atomic E-state index is 12.9. The van der Waals surface area contributed by atoms with E-state index >= 15 is 0 Å². The van der Waals surface area contributed by atoms with Gasteiger partial charge in [0.1, 0.15) is 5.82 Å². The van der Waals surface area contributed by atoms with Gasteiger partial charge in [0.15, 0.2) is 0 Å². The molecule has 1 fully saturated rings. The zero-order valence-electron chi connectivity index (χ0n) is 18.3. The lowest BCUT2D eigenvalue weighted by molar-refractivity contribution is -0.122. The highest BCUT2D eigenvalue weighted by Gasteiger charge is 2.35. The molecule has 0 radical (unpaired) electrons. The summed E-state index contributed by atoms with van der Waals surface area (Å²) < 4.78 is 1.72. The van der Waals surface area contributed by atoms with E-state index in [4.69, 9.17) is 0 Å². The zero-order chi connectivity index (χ0) is 22.4. The second-order valence-corrected chi connectivity index (χ2v) is 8.96. The van der Waals surface area contributed by atoms with Gasteiger partial charge in [-0.3, -0.25) is 19.0 Å². The Bertz CT molecular complexity index is 1290. The van der Waals surface area contributed by atoms with Gasteiger partial charge in [0.25, 0.3) is 5.56 Å². The molecule has 2 aliphatic rings. The molecule has 0 aliphatic carbocycles. The fourth-order valence-corrected chi connectivity index (χ4v) is 4.59. The van der Waals surface area contributed by atoms with Crippen molar-refractivity contribution < 1.29 is 9.59 Å². The lowest BCUT2D eigenvalue weighted by Gasteiger charge is -2.18. The third-order valence-corrected chi connectivity index (χ3v) is 6.43. The van der Waals surface area contributed by atoms with Gasteiger partial charge in [-0.05, 0) is 48.2 Å². The molecule has 32 heavy (non-hydrogen) atoms. The first kappa shape index (κ1) is 20.4. The molecular formula is C25H26N4O3. The molecule has 0 spiro atoms. The Morgan fingerprint density at radius 1 is 1.16 bits per heavy atom. The summed E-state index contributed by atoms with van der Waals surface area (Å²) in [5, 5.41) is 3.40. The zero-order valence-corrected chi connectivity index (χ0v) is 18.3. The maximum absolute atomic E-state index is 12.9. The minimum absolute atomic E-state index is 0.0532. The van der Waals surface area contributed by atoms with E-state index < -0.39 is 5.92 Å². The quantitative estimate of drug-likeness (QED) is 0.687. The Morgan fingerprint density at radius 2 is 2.00 bits per heavy atom. The number of carbonyl (C=O) groups excluding carboxylic acids is 2. The van der Waals surface area contributed by atoms with Gasteiger partial charge in [-0.2, -0.15) is 0 Å². The second kappa shape index (κ2) is 7.89. The van der Waals surface area contributed by atoms with Gasteiger partial charge in [0.05, 0.1) is 16.8 Å². The van der Waals surface area contributed by atoms with E-state index in [9.17, 15) is 14.4 Å². The van der Waals surface area contributed by atoms with Gasteiger partial charge < -0.3 is 10.2 Å². The van der Waals surface area contributed by atoms with Crippen molar-refractivity contribution in [3.8, 4) is 0 Å². The molecule has 7 nitrogen and oxygen atoms in total. The van der Waals surface area contributed by atoms with Gasteiger partial charge in [0.2, 0.25) is 11.8 Å². The minimum atomic E-state index is -0.444. The number of amides is 2. The van der Waals surface area contributed by atoms with Gasteiger partial charge in [-0.25, -0.2) is 4.98 Å². The largest absolute Gasteiger partial charge is 0.326 e. The molecule has 1 unspecified atom stereocenters. The highest BCUT2D eigenvalue weighted by atomic mass is 16.2. The average Bonchev–Trinajstić information content (AvgIpc) is 3.41. The number of nitrogens with one attached hydrogen (secondary N) is 1. The van der Waals surface area contributed by atoms with Crippen LogP contribution in [0.5, 0.6) is 0 Å². The van der Waals surface area contributed by atoms with Crippen molar-refractivity contribution in [2.45, 2.75) is 45.6 Å². The maximum Gasteiger partial charge on any atom is 0.261 e. The van der Waals surface area contributed by atoms with Crippen molar-refractivity contribution in [1.29, 1.82) is 0 Å². The first-order valence-corrected chi connectivity index (χ1v) is 11.2. The smallest absolute Gasteiger partial charge is 0.261 e. The summed E-state index contributed by atoms with van der Waals surface area (Å²) in [6, 6.07) is 13.1. The van der Waals surface area contributed by atoms with Crippen LogP contribution in [0.3, 0.4) is 0 Å². The van der Waals surface area contributed by atoms with Crippen LogP contribution in [0.1, 0.15) is 44.0 Å². The van der Waals surface area contributed by atoms with E-state index in [-0.39, 0.29) is 23.8 Å². The summed E-state index contributed by atoms with van der Waals surface area (Å²) in [7, 11) is 0. The molecule has 5 rings (SSSR count). The number of aryl methyl sites for hydroxylation is 1. The monoisotopic (exact) mass is 430 g/mol. The third kappa shape index (κ3) is 3.57. The second-order valence-electron chi connectivity index (χ2n) is 8.96. The number of anilines is 2. The molecule has 2 amide bonds. The SMILES string of the molecule is CC(C)c1cccc(N2CC(C(=O)Nc3ccc4nc5n(c(=O)c4c3)CCC5)CC2=O)c1. The van der Waals surface area contributed by atoms with Crippen LogP contribution in [-0.2, 0) is 22.6 Å². The lowest BCUT2D eigenvalue weighted by atomic mass is 10.0. The summed E-state index contributed by atoms with van der Waals surface area (Å²) in [5.74, 6) is 0.474. The Morgan fingerprint density at radius 3 is 2.81 bits per heavy atom. The normalized spacial score (nSPS) is 17.9. The van der Waals surface area contributed by atoms with Gasteiger partial charge >= 0.3 is 0 Å². The Hall–Kier alpha value is -3.48. The van der Waals surface area contributed by atoms with Crippen LogP contribution in [0.2, 0.25) is 0 Å².